The summed E-state index contributed by atoms with van der Waals surface area (Å²) in [4.78, 5) is 23.4. The molecule has 2 rings (SSSR count). The van der Waals surface area contributed by atoms with E-state index < -0.39 is 18.2 Å². The van der Waals surface area contributed by atoms with Crippen LogP contribution in [0, 0.1) is 0 Å². The van der Waals surface area contributed by atoms with Crippen molar-refractivity contribution in [2.24, 2.45) is 10.2 Å². The van der Waals surface area contributed by atoms with Gasteiger partial charge in [-0.05, 0) is 24.3 Å². The molecule has 0 fully saturated rings. The van der Waals surface area contributed by atoms with Gasteiger partial charge in [0.25, 0.3) is 0 Å². The fourth-order valence-electron chi connectivity index (χ4n) is 1.78. The number of rotatable bonds is 6. The summed E-state index contributed by atoms with van der Waals surface area (Å²) in [6, 6.07) is 9.65. The third kappa shape index (κ3) is 7.19. The van der Waals surface area contributed by atoms with Crippen molar-refractivity contribution in [3.8, 4) is 0 Å². The molecule has 6 nitrogen and oxygen atoms in total. The number of hydrogen-bond acceptors (Lipinski definition) is 4. The van der Waals surface area contributed by atoms with Gasteiger partial charge in [-0.15, -0.1) is 0 Å². The van der Waals surface area contributed by atoms with Crippen LogP contribution in [-0.4, -0.2) is 24.2 Å². The molecule has 0 saturated heterocycles. The van der Waals surface area contributed by atoms with Gasteiger partial charge in [-0.3, -0.25) is 9.59 Å². The van der Waals surface area contributed by atoms with Gasteiger partial charge in [-0.1, -0.05) is 58.5 Å². The van der Waals surface area contributed by atoms with Gasteiger partial charge in [0.2, 0.25) is 11.8 Å². The van der Waals surface area contributed by atoms with Crippen molar-refractivity contribution in [3.05, 3.63) is 67.6 Å². The molecule has 0 bridgehead atoms. The minimum Gasteiger partial charge on any atom is -0.273 e. The predicted molar refractivity (Wildman–Crippen MR) is 109 cm³/mol. The lowest BCUT2D eigenvalue weighted by molar-refractivity contribution is -0.129. The maximum absolute atomic E-state index is 11.7. The summed E-state index contributed by atoms with van der Waals surface area (Å²) in [5.41, 5.74) is 5.57. The van der Waals surface area contributed by atoms with Crippen molar-refractivity contribution in [1.82, 2.24) is 10.9 Å². The van der Waals surface area contributed by atoms with Crippen molar-refractivity contribution in [3.63, 3.8) is 0 Å². The summed E-state index contributed by atoms with van der Waals surface area (Å²) >= 11 is 23.5. The third-order valence-electron chi connectivity index (χ3n) is 3.03. The topological polar surface area (TPSA) is 82.9 Å². The monoisotopic (exact) mass is 444 g/mol. The Balaban J connectivity index is 1.80. The van der Waals surface area contributed by atoms with E-state index in [1.54, 1.807) is 36.4 Å². The average Bonchev–Trinajstić information content (AvgIpc) is 2.58. The molecule has 0 unspecified atom stereocenters. The summed E-state index contributed by atoms with van der Waals surface area (Å²) in [6.07, 6.45) is 2.22. The van der Waals surface area contributed by atoms with E-state index in [0.29, 0.717) is 31.2 Å². The first kappa shape index (κ1) is 21.2. The number of halogens is 4. The molecule has 2 aromatic carbocycles. The summed E-state index contributed by atoms with van der Waals surface area (Å²) in [5.74, 6) is -1.23. The van der Waals surface area contributed by atoms with E-state index in [1.165, 1.54) is 12.4 Å². The molecule has 0 aliphatic heterocycles. The van der Waals surface area contributed by atoms with Gasteiger partial charge < -0.3 is 0 Å². The van der Waals surface area contributed by atoms with E-state index in [1.807, 2.05) is 0 Å². The van der Waals surface area contributed by atoms with Crippen LogP contribution in [0.2, 0.25) is 20.1 Å². The second-order valence-electron chi connectivity index (χ2n) is 5.09. The smallest absolute Gasteiger partial charge is 0.249 e. The second-order valence-corrected chi connectivity index (χ2v) is 6.78. The molecule has 0 aromatic heterocycles. The first-order valence-electron chi connectivity index (χ1n) is 7.39. The number of carbonyl (C=O) groups is 2. The molecule has 0 spiro atoms. The Labute approximate surface area is 175 Å². The third-order valence-corrected chi connectivity index (χ3v) is 4.16. The van der Waals surface area contributed by atoms with E-state index >= 15 is 0 Å². The second kappa shape index (κ2) is 10.3. The fourth-order valence-corrected chi connectivity index (χ4v) is 2.70. The molecule has 140 valence electrons. The Bertz CT molecular complexity index is 842. The van der Waals surface area contributed by atoms with E-state index in [9.17, 15) is 9.59 Å². The Hall–Kier alpha value is -2.12. The van der Waals surface area contributed by atoms with Crippen LogP contribution in [0.25, 0.3) is 0 Å². The molecule has 27 heavy (non-hydrogen) atoms. The van der Waals surface area contributed by atoms with Crippen LogP contribution in [0.5, 0.6) is 0 Å². The van der Waals surface area contributed by atoms with Gasteiger partial charge in [0.15, 0.2) is 0 Å². The van der Waals surface area contributed by atoms with Gasteiger partial charge in [-0.2, -0.15) is 10.2 Å². The zero-order chi connectivity index (χ0) is 19.8. The SMILES string of the molecule is O=C(CC(=O)N/N=C\c1ccc(Cl)cc1Cl)N/N=C\c1ccc(Cl)cc1Cl. The first-order valence-corrected chi connectivity index (χ1v) is 8.90. The Morgan fingerprint density at radius 2 is 1.19 bits per heavy atom. The van der Waals surface area contributed by atoms with Gasteiger partial charge >= 0.3 is 0 Å². The maximum atomic E-state index is 11.7. The van der Waals surface area contributed by atoms with Crippen LogP contribution in [0.15, 0.2) is 46.6 Å². The number of nitrogens with one attached hydrogen (secondary N) is 2. The Morgan fingerprint density at radius 1 is 0.778 bits per heavy atom. The molecular formula is C17H12Cl4N4O2. The van der Waals surface area contributed by atoms with E-state index in [4.69, 9.17) is 46.4 Å². The lowest BCUT2D eigenvalue weighted by Crippen LogP contribution is -2.27. The van der Waals surface area contributed by atoms with E-state index in [0.717, 1.165) is 0 Å². The van der Waals surface area contributed by atoms with Crippen molar-refractivity contribution in [2.45, 2.75) is 6.42 Å². The Morgan fingerprint density at radius 3 is 1.56 bits per heavy atom. The van der Waals surface area contributed by atoms with Crippen LogP contribution in [0.1, 0.15) is 17.5 Å². The highest BCUT2D eigenvalue weighted by Gasteiger charge is 2.08. The number of hydrazone groups is 2. The molecule has 0 heterocycles. The number of nitrogens with zero attached hydrogens (tertiary/aromatic N) is 2. The van der Waals surface area contributed by atoms with Crippen LogP contribution in [0.3, 0.4) is 0 Å². The first-order chi connectivity index (χ1) is 12.8. The van der Waals surface area contributed by atoms with Crippen LogP contribution >= 0.6 is 46.4 Å². The van der Waals surface area contributed by atoms with Crippen molar-refractivity contribution < 1.29 is 9.59 Å². The summed E-state index contributed by atoms with van der Waals surface area (Å²) in [5, 5.41) is 9.20. The molecule has 10 heteroatoms. The standard InChI is InChI=1S/C17H12Cl4N4O2/c18-12-3-1-10(14(20)5-12)8-22-24-16(26)7-17(27)25-23-9-11-2-4-13(19)6-15(11)21/h1-6,8-9H,7H2,(H,24,26)(H,25,27)/b22-8-,23-9-. The minimum atomic E-state index is -0.617. The summed E-state index contributed by atoms with van der Waals surface area (Å²) in [6.45, 7) is 0. The molecule has 0 atom stereocenters. The molecule has 2 aromatic rings. The van der Waals surface area contributed by atoms with E-state index in [2.05, 4.69) is 21.1 Å². The number of hydrogen-bond donors (Lipinski definition) is 2. The van der Waals surface area contributed by atoms with Gasteiger partial charge in [0, 0.05) is 21.2 Å². The van der Waals surface area contributed by atoms with Gasteiger partial charge in [0.05, 0.1) is 22.5 Å². The maximum Gasteiger partial charge on any atom is 0.249 e. The number of benzene rings is 2. The molecule has 0 saturated carbocycles. The van der Waals surface area contributed by atoms with Crippen LogP contribution in [0.4, 0.5) is 0 Å². The van der Waals surface area contributed by atoms with Crippen LogP contribution < -0.4 is 10.9 Å². The zero-order valence-corrected chi connectivity index (χ0v) is 16.6. The van der Waals surface area contributed by atoms with E-state index in [-0.39, 0.29) is 0 Å². The Kier molecular flexibility index (Phi) is 8.06. The van der Waals surface area contributed by atoms with Crippen molar-refractivity contribution in [2.75, 3.05) is 0 Å². The highest BCUT2D eigenvalue weighted by Crippen LogP contribution is 2.20. The molecule has 0 radical (unpaired) electrons. The summed E-state index contributed by atoms with van der Waals surface area (Å²) < 4.78 is 0. The number of amides is 2. The van der Waals surface area contributed by atoms with Crippen LogP contribution in [-0.2, 0) is 9.59 Å². The zero-order valence-electron chi connectivity index (χ0n) is 13.5. The molecule has 0 aliphatic carbocycles. The highest BCUT2D eigenvalue weighted by atomic mass is 35.5. The molecule has 2 amide bonds. The lowest BCUT2D eigenvalue weighted by atomic mass is 10.2. The fraction of sp³-hybridized carbons (Fsp3) is 0.0588. The normalized spacial score (nSPS) is 11.1. The van der Waals surface area contributed by atoms with Gasteiger partial charge in [-0.25, -0.2) is 10.9 Å². The minimum absolute atomic E-state index is 0.383. The lowest BCUT2D eigenvalue weighted by Gasteiger charge is -2.01. The van der Waals surface area contributed by atoms with Crippen molar-refractivity contribution in [1.29, 1.82) is 0 Å². The predicted octanol–water partition coefficient (Wildman–Crippen LogP) is 4.29. The molecule has 2 N–H and O–H groups in total. The summed E-state index contributed by atoms with van der Waals surface area (Å²) in [7, 11) is 0. The van der Waals surface area contributed by atoms with Gasteiger partial charge in [0.1, 0.15) is 6.42 Å². The quantitative estimate of drug-likeness (QED) is 0.395. The number of carbonyl (C=O) groups excluding carboxylic acids is 2. The highest BCUT2D eigenvalue weighted by molar-refractivity contribution is 6.36. The molecule has 0 aliphatic rings. The average molecular weight is 446 g/mol. The van der Waals surface area contributed by atoms with Crippen molar-refractivity contribution >= 4 is 70.6 Å². The largest absolute Gasteiger partial charge is 0.273 e. The molecular weight excluding hydrogens is 434 g/mol.